The molecule has 0 heterocycles. The van der Waals surface area contributed by atoms with E-state index in [1.165, 1.54) is 57.8 Å². The summed E-state index contributed by atoms with van der Waals surface area (Å²) in [5, 5.41) is 0. The van der Waals surface area contributed by atoms with E-state index in [1.54, 1.807) is 0 Å². The van der Waals surface area contributed by atoms with Crippen LogP contribution in [0.4, 0.5) is 11.4 Å². The first-order valence-corrected chi connectivity index (χ1v) is 13.1. The van der Waals surface area contributed by atoms with Gasteiger partial charge in [0.1, 0.15) is 5.71 Å². The topological polar surface area (TPSA) is 24.7 Å². The monoisotopic (exact) mass is 500 g/mol. The van der Waals surface area contributed by atoms with Gasteiger partial charge in [-0.1, -0.05) is 114 Å². The maximum absolute atomic E-state index is 4.95. The van der Waals surface area contributed by atoms with Crippen molar-refractivity contribution in [2.45, 2.75) is 97.3 Å². The molecule has 0 bridgehead atoms. The summed E-state index contributed by atoms with van der Waals surface area (Å²) in [4.78, 5) is 9.85. The first-order valence-electron chi connectivity index (χ1n) is 13.1. The van der Waals surface area contributed by atoms with Crippen LogP contribution in [-0.2, 0) is 16.5 Å². The molecule has 0 aromatic heterocycles. The molecule has 0 saturated heterocycles. The van der Waals surface area contributed by atoms with Gasteiger partial charge in [0.15, 0.2) is 0 Å². The van der Waals surface area contributed by atoms with E-state index in [2.05, 4.69) is 25.7 Å². The van der Waals surface area contributed by atoms with Crippen LogP contribution in [-0.4, -0.2) is 11.4 Å². The Labute approximate surface area is 218 Å². The van der Waals surface area contributed by atoms with Crippen molar-refractivity contribution in [3.8, 4) is 11.8 Å². The molecule has 0 atom stereocenters. The zero-order valence-corrected chi connectivity index (χ0v) is 22.2. The van der Waals surface area contributed by atoms with Crippen molar-refractivity contribution < 1.29 is 16.5 Å². The minimum Gasteiger partial charge on any atom is -0.251 e. The zero-order chi connectivity index (χ0) is 23.4. The van der Waals surface area contributed by atoms with E-state index < -0.39 is 0 Å². The molecular weight excluding hydrogens is 459 g/mol. The van der Waals surface area contributed by atoms with Gasteiger partial charge in [-0.05, 0) is 49.4 Å². The Hall–Kier alpha value is -2.17. The molecule has 2 aromatic carbocycles. The van der Waals surface area contributed by atoms with Gasteiger partial charge in [0.2, 0.25) is 0 Å². The van der Waals surface area contributed by atoms with Crippen molar-refractivity contribution in [1.82, 2.24) is 0 Å². The maximum atomic E-state index is 4.95. The third-order valence-corrected chi connectivity index (χ3v) is 5.67. The van der Waals surface area contributed by atoms with Crippen LogP contribution in [0.1, 0.15) is 97.3 Å². The molecule has 34 heavy (non-hydrogen) atoms. The summed E-state index contributed by atoms with van der Waals surface area (Å²) in [6.07, 6.45) is 16.0. The number of hydrogen-bond donors (Lipinski definition) is 0. The van der Waals surface area contributed by atoms with E-state index in [0.29, 0.717) is 0 Å². The van der Waals surface area contributed by atoms with Crippen LogP contribution in [0.15, 0.2) is 70.6 Å². The van der Waals surface area contributed by atoms with Crippen LogP contribution in [0.25, 0.3) is 0 Å². The van der Waals surface area contributed by atoms with Gasteiger partial charge in [-0.25, -0.2) is 4.99 Å². The van der Waals surface area contributed by atoms with Gasteiger partial charge in [0, 0.05) is 22.9 Å². The molecule has 0 aliphatic heterocycles. The normalized spacial score (nSPS) is 11.5. The standard InChI is InChI=1S/C31H42N2.Ni/c1-3-5-7-8-9-10-11-12-13-14-21-27-31(33-29-24-19-16-20-25-29)30(26-6-4-2)32-28-22-17-15-18-23-28;/h15-20,22-25H,3-14,26H2,1-2H3;/b32-30+,33-31+;. The van der Waals surface area contributed by atoms with Gasteiger partial charge in [0.25, 0.3) is 0 Å². The molecule has 186 valence electrons. The minimum atomic E-state index is 0. The smallest absolute Gasteiger partial charge is 0.135 e. The van der Waals surface area contributed by atoms with Crippen molar-refractivity contribution >= 4 is 22.8 Å². The second kappa shape index (κ2) is 20.2. The van der Waals surface area contributed by atoms with E-state index in [1.807, 2.05) is 60.7 Å². The van der Waals surface area contributed by atoms with Crippen molar-refractivity contribution in [3.05, 3.63) is 60.7 Å². The fourth-order valence-corrected chi connectivity index (χ4v) is 3.70. The first-order chi connectivity index (χ1) is 16.3. The Kier molecular flexibility index (Phi) is 17.8. The molecule has 2 aromatic rings. The second-order valence-electron chi connectivity index (χ2n) is 8.67. The van der Waals surface area contributed by atoms with E-state index in [9.17, 15) is 0 Å². The summed E-state index contributed by atoms with van der Waals surface area (Å²) in [5.41, 5.74) is 3.70. The molecule has 0 radical (unpaired) electrons. The van der Waals surface area contributed by atoms with E-state index in [0.717, 1.165) is 48.5 Å². The van der Waals surface area contributed by atoms with Gasteiger partial charge in [0.05, 0.1) is 17.1 Å². The number of nitrogens with zero attached hydrogens (tertiary/aromatic N) is 2. The number of rotatable bonds is 15. The molecule has 2 nitrogen and oxygen atoms in total. The van der Waals surface area contributed by atoms with Gasteiger partial charge in [-0.2, -0.15) is 0 Å². The summed E-state index contributed by atoms with van der Waals surface area (Å²) < 4.78 is 0. The summed E-state index contributed by atoms with van der Waals surface area (Å²) in [7, 11) is 0. The zero-order valence-electron chi connectivity index (χ0n) is 21.2. The number of unbranched alkanes of at least 4 members (excludes halogenated alkanes) is 10. The maximum Gasteiger partial charge on any atom is 0.135 e. The van der Waals surface area contributed by atoms with E-state index in [4.69, 9.17) is 9.98 Å². The number of benzene rings is 2. The Morgan fingerprint density at radius 3 is 1.68 bits per heavy atom. The van der Waals surface area contributed by atoms with E-state index >= 15 is 0 Å². The Morgan fingerprint density at radius 2 is 1.12 bits per heavy atom. The largest absolute Gasteiger partial charge is 0.251 e. The molecule has 0 aliphatic carbocycles. The number of aliphatic imine (C=N–C) groups is 2. The SMILES string of the molecule is CCCCCCCCCCCC#CC(=N\c1ccccc1)/C(CCCC)=N/c1ccccc1.[Ni]. The molecule has 2 rings (SSSR count). The summed E-state index contributed by atoms with van der Waals surface area (Å²) in [6, 6.07) is 20.3. The quantitative estimate of drug-likeness (QED) is 0.100. The fourth-order valence-electron chi connectivity index (χ4n) is 3.70. The Morgan fingerprint density at radius 1 is 0.618 bits per heavy atom. The number of para-hydroxylation sites is 2. The summed E-state index contributed by atoms with van der Waals surface area (Å²) in [6.45, 7) is 4.49. The molecule has 0 unspecified atom stereocenters. The molecule has 3 heteroatoms. The van der Waals surface area contributed by atoms with E-state index in [-0.39, 0.29) is 16.5 Å². The average molecular weight is 501 g/mol. The molecule has 0 saturated carbocycles. The van der Waals surface area contributed by atoms with Gasteiger partial charge < -0.3 is 0 Å². The van der Waals surface area contributed by atoms with Crippen molar-refractivity contribution in [3.63, 3.8) is 0 Å². The molecule has 0 amide bonds. The first kappa shape index (κ1) is 29.9. The van der Waals surface area contributed by atoms with Crippen LogP contribution in [0.3, 0.4) is 0 Å². The molecule has 0 N–H and O–H groups in total. The third kappa shape index (κ3) is 13.5. The molecule has 0 spiro atoms. The second-order valence-corrected chi connectivity index (χ2v) is 8.67. The van der Waals surface area contributed by atoms with Crippen LogP contribution in [0.2, 0.25) is 0 Å². The number of hydrogen-bond acceptors (Lipinski definition) is 2. The van der Waals surface area contributed by atoms with Gasteiger partial charge >= 0.3 is 0 Å². The van der Waals surface area contributed by atoms with Crippen molar-refractivity contribution in [2.24, 2.45) is 9.98 Å². The van der Waals surface area contributed by atoms with Gasteiger partial charge in [-0.3, -0.25) is 4.99 Å². The molecule has 0 fully saturated rings. The Balaban J connectivity index is 0.00000578. The minimum absolute atomic E-state index is 0. The Bertz CT molecular complexity index is 876. The average Bonchev–Trinajstić information content (AvgIpc) is 2.85. The van der Waals surface area contributed by atoms with Crippen molar-refractivity contribution in [1.29, 1.82) is 0 Å². The predicted molar refractivity (Wildman–Crippen MR) is 146 cm³/mol. The predicted octanol–water partition coefficient (Wildman–Crippen LogP) is 9.64. The molecule has 0 aliphatic rings. The van der Waals surface area contributed by atoms with Crippen LogP contribution < -0.4 is 0 Å². The van der Waals surface area contributed by atoms with Crippen molar-refractivity contribution in [2.75, 3.05) is 0 Å². The summed E-state index contributed by atoms with van der Waals surface area (Å²) in [5.74, 6) is 6.80. The third-order valence-electron chi connectivity index (χ3n) is 5.67. The van der Waals surface area contributed by atoms with Crippen LogP contribution in [0, 0.1) is 11.8 Å². The van der Waals surface area contributed by atoms with Gasteiger partial charge in [-0.15, -0.1) is 0 Å². The molecular formula is C31H42N2Ni. The summed E-state index contributed by atoms with van der Waals surface area (Å²) >= 11 is 0. The van der Waals surface area contributed by atoms with Crippen LogP contribution in [0.5, 0.6) is 0 Å². The fraction of sp³-hybridized carbons (Fsp3) is 0.484. The van der Waals surface area contributed by atoms with Crippen LogP contribution >= 0.6 is 0 Å².